The molecule has 0 amide bonds. The van der Waals surface area contributed by atoms with Crippen LogP contribution in [0.4, 0.5) is 0 Å². The molecule has 0 saturated heterocycles. The molecule has 1 heterocycles. The molecule has 160 valence electrons. The molecule has 2 aliphatic carbocycles. The minimum atomic E-state index is -0.319. The Labute approximate surface area is 190 Å². The summed E-state index contributed by atoms with van der Waals surface area (Å²) in [6, 6.07) is 19.6. The van der Waals surface area contributed by atoms with Crippen molar-refractivity contribution in [2.75, 3.05) is 6.61 Å². The Hall–Kier alpha value is -3.77. The summed E-state index contributed by atoms with van der Waals surface area (Å²) in [6.45, 7) is 2.74. The summed E-state index contributed by atoms with van der Waals surface area (Å²) in [5, 5.41) is 0.962. The molecule has 4 rings (SSSR count). The number of rotatable bonds is 8. The van der Waals surface area contributed by atoms with Crippen LogP contribution in [0.25, 0.3) is 33.5 Å². The van der Waals surface area contributed by atoms with Crippen LogP contribution in [-0.2, 0) is 21.0 Å². The molecule has 0 bridgehead atoms. The minimum absolute atomic E-state index is 0.157. The van der Waals surface area contributed by atoms with E-state index in [0.29, 0.717) is 18.6 Å². The second-order valence-electron chi connectivity index (χ2n) is 6.92. The number of ether oxygens (including phenoxy) is 2. The van der Waals surface area contributed by atoms with Gasteiger partial charge in [0.1, 0.15) is 4.70 Å². The molecule has 1 aromatic heterocycles. The van der Waals surface area contributed by atoms with Gasteiger partial charge in [0.25, 0.3) is 18.2 Å². The van der Waals surface area contributed by atoms with E-state index in [9.17, 15) is 9.59 Å². The van der Waals surface area contributed by atoms with Crippen molar-refractivity contribution in [1.82, 2.24) is 0 Å². The molecule has 0 radical (unpaired) electrons. The Kier molecular flexibility index (Phi) is 6.72. The van der Waals surface area contributed by atoms with Crippen molar-refractivity contribution >= 4 is 46.1 Å². The van der Waals surface area contributed by atoms with Crippen LogP contribution in [0.15, 0.2) is 72.8 Å². The molecule has 0 saturated carbocycles. The molecule has 2 aromatic rings. The Balaban J connectivity index is 1.64. The van der Waals surface area contributed by atoms with Gasteiger partial charge in [-0.25, -0.2) is 4.79 Å². The fraction of sp³-hybridized carbons (Fsp3) is 0.115. The maximum Gasteiger partial charge on any atom is 0.338 e. The van der Waals surface area contributed by atoms with Gasteiger partial charge in [-0.3, -0.25) is 4.79 Å². The quantitative estimate of drug-likeness (QED) is 0.160. The van der Waals surface area contributed by atoms with Crippen molar-refractivity contribution in [3.05, 3.63) is 89.0 Å². The van der Waals surface area contributed by atoms with Crippen LogP contribution in [-0.4, -0.2) is 19.0 Å². The highest BCUT2D eigenvalue weighted by Gasteiger charge is 2.20. The predicted octanol–water partition coefficient (Wildman–Crippen LogP) is 5.33. The van der Waals surface area contributed by atoms with Crippen molar-refractivity contribution in [3.8, 4) is 11.1 Å². The molecule has 0 N–H and O–H groups in total. The first-order valence-corrected chi connectivity index (χ1v) is 11.0. The highest BCUT2D eigenvalue weighted by atomic mass is 32.1. The van der Waals surface area contributed by atoms with Gasteiger partial charge in [-0.1, -0.05) is 72.0 Å². The standard InChI is InChI=1S/C26H22NO4S/c1-2-31-26(29)22-16-19(20-11-4-3-5-12-21(20)22)10-6-9-15-25-27(17-30-18-28)23-13-7-8-14-24(23)32-25/h3-16,18H,2,17H2,1H3/q+1. The van der Waals surface area contributed by atoms with Gasteiger partial charge in [-0.2, -0.15) is 0 Å². The zero-order valence-corrected chi connectivity index (χ0v) is 18.4. The third-order valence-corrected chi connectivity index (χ3v) is 6.10. The highest BCUT2D eigenvalue weighted by Crippen LogP contribution is 2.33. The van der Waals surface area contributed by atoms with E-state index >= 15 is 0 Å². The summed E-state index contributed by atoms with van der Waals surface area (Å²) in [5.41, 5.74) is 4.37. The maximum absolute atomic E-state index is 12.4. The van der Waals surface area contributed by atoms with E-state index in [2.05, 4.69) is 0 Å². The molecular formula is C26H22NO4S+. The van der Waals surface area contributed by atoms with Crippen LogP contribution in [0, 0.1) is 0 Å². The van der Waals surface area contributed by atoms with Crippen LogP contribution >= 0.6 is 11.3 Å². The van der Waals surface area contributed by atoms with Crippen LogP contribution in [0.2, 0.25) is 0 Å². The van der Waals surface area contributed by atoms with Crippen molar-refractivity contribution in [2.45, 2.75) is 13.7 Å². The van der Waals surface area contributed by atoms with Gasteiger partial charge in [0.05, 0.1) is 12.2 Å². The average Bonchev–Trinajstić information content (AvgIpc) is 3.22. The van der Waals surface area contributed by atoms with Gasteiger partial charge >= 0.3 is 5.97 Å². The first kappa shape index (κ1) is 21.5. The minimum Gasteiger partial charge on any atom is -0.462 e. The van der Waals surface area contributed by atoms with Crippen molar-refractivity contribution < 1.29 is 23.6 Å². The Morgan fingerprint density at radius 1 is 1.00 bits per heavy atom. The number of hydrogen-bond donors (Lipinski definition) is 0. The highest BCUT2D eigenvalue weighted by molar-refractivity contribution is 7.18. The number of allylic oxidation sites excluding steroid dienone is 2. The molecule has 32 heavy (non-hydrogen) atoms. The number of nitrogens with zero attached hydrogens (tertiary/aromatic N) is 1. The number of thiazole rings is 1. The van der Waals surface area contributed by atoms with Crippen molar-refractivity contribution in [3.63, 3.8) is 0 Å². The van der Waals surface area contributed by atoms with E-state index in [0.717, 1.165) is 31.9 Å². The summed E-state index contributed by atoms with van der Waals surface area (Å²) in [7, 11) is 0. The molecule has 0 aliphatic heterocycles. The molecule has 0 atom stereocenters. The van der Waals surface area contributed by atoms with Gasteiger partial charge in [-0.05, 0) is 35.7 Å². The Morgan fingerprint density at radius 3 is 2.56 bits per heavy atom. The first-order valence-electron chi connectivity index (χ1n) is 10.2. The van der Waals surface area contributed by atoms with E-state index in [1.807, 2.05) is 89.5 Å². The molecule has 0 fully saturated rings. The number of carbonyl (C=O) groups is 2. The van der Waals surface area contributed by atoms with Crippen LogP contribution in [0.1, 0.15) is 27.9 Å². The van der Waals surface area contributed by atoms with E-state index in [1.54, 1.807) is 18.3 Å². The van der Waals surface area contributed by atoms with Crippen molar-refractivity contribution in [1.29, 1.82) is 0 Å². The van der Waals surface area contributed by atoms with Gasteiger partial charge in [-0.15, -0.1) is 4.57 Å². The summed E-state index contributed by atoms with van der Waals surface area (Å²) in [4.78, 5) is 23.1. The van der Waals surface area contributed by atoms with Crippen LogP contribution in [0.5, 0.6) is 0 Å². The third kappa shape index (κ3) is 4.45. The number of esters is 1. The predicted molar refractivity (Wildman–Crippen MR) is 126 cm³/mol. The zero-order valence-electron chi connectivity index (χ0n) is 17.6. The first-order chi connectivity index (χ1) is 15.7. The second kappa shape index (κ2) is 10.0. The van der Waals surface area contributed by atoms with Gasteiger partial charge in [0, 0.05) is 12.1 Å². The molecule has 5 nitrogen and oxygen atoms in total. The topological polar surface area (TPSA) is 56.5 Å². The fourth-order valence-corrected chi connectivity index (χ4v) is 4.64. The third-order valence-electron chi connectivity index (χ3n) is 4.97. The summed E-state index contributed by atoms with van der Waals surface area (Å²) < 4.78 is 13.3. The number of para-hydroxylation sites is 1. The smallest absolute Gasteiger partial charge is 0.338 e. The number of aromatic nitrogens is 1. The average molecular weight is 445 g/mol. The zero-order chi connectivity index (χ0) is 22.3. The molecular weight excluding hydrogens is 422 g/mol. The normalized spacial score (nSPS) is 11.5. The fourth-order valence-electron chi connectivity index (χ4n) is 3.57. The lowest BCUT2D eigenvalue weighted by atomic mass is 10.1. The lowest BCUT2D eigenvalue weighted by molar-refractivity contribution is -0.700. The second-order valence-corrected chi connectivity index (χ2v) is 7.98. The van der Waals surface area contributed by atoms with Gasteiger partial charge in [0.15, 0.2) is 0 Å². The van der Waals surface area contributed by atoms with Crippen LogP contribution in [0.3, 0.4) is 0 Å². The SMILES string of the molecule is CCOC(=O)c1cc(C=CC=Cc2sc3ccccc3[n+]2COC=O)c2cccccc1-2. The van der Waals surface area contributed by atoms with Crippen molar-refractivity contribution in [2.24, 2.45) is 0 Å². The molecule has 1 aromatic carbocycles. The Morgan fingerprint density at radius 2 is 1.75 bits per heavy atom. The molecule has 0 spiro atoms. The summed E-state index contributed by atoms with van der Waals surface area (Å²) in [5.74, 6) is -0.319. The van der Waals surface area contributed by atoms with Crippen LogP contribution < -0.4 is 4.57 Å². The summed E-state index contributed by atoms with van der Waals surface area (Å²) in [6.07, 6.45) is 7.83. The monoisotopic (exact) mass is 444 g/mol. The lowest BCUT2D eigenvalue weighted by Gasteiger charge is -2.01. The Bertz CT molecular complexity index is 1290. The number of benzene rings is 1. The largest absolute Gasteiger partial charge is 0.462 e. The number of hydrogen-bond acceptors (Lipinski definition) is 5. The summed E-state index contributed by atoms with van der Waals surface area (Å²) >= 11 is 1.62. The number of carbonyl (C=O) groups excluding carboxylic acids is 2. The van der Waals surface area contributed by atoms with Gasteiger partial charge in [0.2, 0.25) is 5.52 Å². The molecule has 2 aliphatic rings. The van der Waals surface area contributed by atoms with E-state index in [-0.39, 0.29) is 12.7 Å². The van der Waals surface area contributed by atoms with E-state index in [4.69, 9.17) is 9.47 Å². The lowest BCUT2D eigenvalue weighted by Crippen LogP contribution is -2.36. The van der Waals surface area contributed by atoms with E-state index < -0.39 is 0 Å². The van der Waals surface area contributed by atoms with Gasteiger partial charge < -0.3 is 9.47 Å². The van der Waals surface area contributed by atoms with E-state index in [1.165, 1.54) is 0 Å². The number of fused-ring (bicyclic) bond motifs is 2. The molecule has 6 heteroatoms. The maximum atomic E-state index is 12.4. The molecule has 0 unspecified atom stereocenters.